The minimum Gasteiger partial charge on any atom is -0.481 e. The van der Waals surface area contributed by atoms with Crippen molar-refractivity contribution in [1.82, 2.24) is 5.32 Å². The first-order valence-corrected chi connectivity index (χ1v) is 6.04. The molecule has 1 rings (SSSR count). The number of nitrogens with one attached hydrogen (secondary N) is 1. The topological polar surface area (TPSA) is 66.4 Å². The maximum absolute atomic E-state index is 11.8. The van der Waals surface area contributed by atoms with Crippen LogP contribution in [0.5, 0.6) is 0 Å². The molecule has 0 saturated heterocycles. The van der Waals surface area contributed by atoms with Gasteiger partial charge >= 0.3 is 5.97 Å². The summed E-state index contributed by atoms with van der Waals surface area (Å²) >= 11 is 0. The molecule has 0 spiro atoms. The molecule has 106 valence electrons. The van der Waals surface area contributed by atoms with Crippen LogP contribution in [0.1, 0.15) is 25.8 Å². The van der Waals surface area contributed by atoms with Crippen molar-refractivity contribution in [3.05, 3.63) is 35.9 Å². The van der Waals surface area contributed by atoms with Crippen LogP contribution < -0.4 is 5.32 Å². The molecule has 0 unspecified atom stereocenters. The highest BCUT2D eigenvalue weighted by atomic mass is 32.1. The number of hydrogen-bond donors (Lipinski definition) is 2. The molecule has 5 heteroatoms. The average Bonchev–Trinajstić information content (AvgIpc) is 2.28. The number of aliphatic carboxylic acids is 1. The van der Waals surface area contributed by atoms with E-state index in [0.717, 1.165) is 5.56 Å². The van der Waals surface area contributed by atoms with Crippen LogP contribution in [-0.2, 0) is 16.0 Å². The number of carboxylic acid groups (broad SMARTS) is 1. The summed E-state index contributed by atoms with van der Waals surface area (Å²) in [6, 6.07) is 9.07. The first kappa shape index (κ1) is 17.5. The fraction of sp³-hybridized carbons (Fsp3) is 0.429. The summed E-state index contributed by atoms with van der Waals surface area (Å²) in [4.78, 5) is 22.5. The normalized spacial score (nSPS) is 11.5. The third kappa shape index (κ3) is 6.86. The minimum atomic E-state index is -0.895. The third-order valence-electron chi connectivity index (χ3n) is 2.75. The Hall–Kier alpha value is -1.49. The average molecular weight is 283 g/mol. The van der Waals surface area contributed by atoms with Crippen molar-refractivity contribution >= 4 is 25.4 Å². The van der Waals surface area contributed by atoms with E-state index in [4.69, 9.17) is 5.11 Å². The quantitative estimate of drug-likeness (QED) is 0.838. The van der Waals surface area contributed by atoms with Gasteiger partial charge in [0.05, 0.1) is 12.8 Å². The fourth-order valence-corrected chi connectivity index (χ4v) is 1.68. The Morgan fingerprint density at radius 2 is 1.79 bits per heavy atom. The number of benzene rings is 1. The standard InChI is InChI=1S/C14H19NO3.H2S/c1-10(2)12(9-14(17)18)15-13(16)8-11-6-4-3-5-7-11;/h3-7,10,12H,8-9H2,1-2H3,(H,15,16)(H,17,18);1H2/t12-;/m0./s1. The van der Waals surface area contributed by atoms with Gasteiger partial charge in [0, 0.05) is 6.04 Å². The largest absolute Gasteiger partial charge is 0.481 e. The molecule has 0 aliphatic carbocycles. The number of carbonyl (C=O) groups is 2. The zero-order valence-corrected chi connectivity index (χ0v) is 12.2. The summed E-state index contributed by atoms with van der Waals surface area (Å²) in [5.41, 5.74) is 0.924. The SMILES string of the molecule is CC(C)[C@H](CC(=O)O)NC(=O)Cc1ccccc1.S. The molecule has 0 bridgehead atoms. The van der Waals surface area contributed by atoms with E-state index in [0.29, 0.717) is 0 Å². The van der Waals surface area contributed by atoms with Crippen LogP contribution in [0.15, 0.2) is 30.3 Å². The molecule has 1 atom stereocenters. The second-order valence-electron chi connectivity index (χ2n) is 4.68. The van der Waals surface area contributed by atoms with Crippen molar-refractivity contribution in [2.75, 3.05) is 0 Å². The lowest BCUT2D eigenvalue weighted by Gasteiger charge is -2.20. The molecular formula is C14H21NO3S. The van der Waals surface area contributed by atoms with E-state index >= 15 is 0 Å². The van der Waals surface area contributed by atoms with Gasteiger partial charge in [-0.25, -0.2) is 0 Å². The molecule has 1 amide bonds. The van der Waals surface area contributed by atoms with Crippen LogP contribution >= 0.6 is 13.5 Å². The summed E-state index contributed by atoms with van der Waals surface area (Å²) in [5, 5.41) is 11.6. The monoisotopic (exact) mass is 283 g/mol. The van der Waals surface area contributed by atoms with Gasteiger partial charge in [-0.2, -0.15) is 13.5 Å². The Morgan fingerprint density at radius 1 is 1.21 bits per heavy atom. The van der Waals surface area contributed by atoms with E-state index in [2.05, 4.69) is 5.32 Å². The third-order valence-corrected chi connectivity index (χ3v) is 2.75. The Kier molecular flexibility index (Phi) is 7.91. The predicted molar refractivity (Wildman–Crippen MR) is 79.5 cm³/mol. The summed E-state index contributed by atoms with van der Waals surface area (Å²) in [5.74, 6) is -0.935. The van der Waals surface area contributed by atoms with Crippen LogP contribution in [0, 0.1) is 5.92 Å². The molecule has 0 aliphatic heterocycles. The van der Waals surface area contributed by atoms with E-state index in [-0.39, 0.29) is 44.2 Å². The van der Waals surface area contributed by atoms with E-state index in [1.165, 1.54) is 0 Å². The first-order chi connectivity index (χ1) is 8.49. The second-order valence-corrected chi connectivity index (χ2v) is 4.68. The second kappa shape index (κ2) is 8.58. The van der Waals surface area contributed by atoms with Crippen LogP contribution in [0.25, 0.3) is 0 Å². The van der Waals surface area contributed by atoms with Crippen molar-refractivity contribution in [2.24, 2.45) is 5.92 Å². The number of hydrogen-bond acceptors (Lipinski definition) is 2. The Labute approximate surface area is 120 Å². The summed E-state index contributed by atoms with van der Waals surface area (Å²) in [7, 11) is 0. The number of rotatable bonds is 6. The van der Waals surface area contributed by atoms with Crippen molar-refractivity contribution in [3.63, 3.8) is 0 Å². The lowest BCUT2D eigenvalue weighted by molar-refractivity contribution is -0.138. The highest BCUT2D eigenvalue weighted by Crippen LogP contribution is 2.07. The maximum Gasteiger partial charge on any atom is 0.305 e. The number of carboxylic acids is 1. The molecule has 19 heavy (non-hydrogen) atoms. The van der Waals surface area contributed by atoms with Gasteiger partial charge in [0.1, 0.15) is 0 Å². The highest BCUT2D eigenvalue weighted by Gasteiger charge is 2.19. The fourth-order valence-electron chi connectivity index (χ4n) is 1.68. The highest BCUT2D eigenvalue weighted by molar-refractivity contribution is 7.59. The predicted octanol–water partition coefficient (Wildman–Crippen LogP) is 1.96. The van der Waals surface area contributed by atoms with Crippen LogP contribution in [0.2, 0.25) is 0 Å². The molecule has 2 N–H and O–H groups in total. The van der Waals surface area contributed by atoms with Crippen molar-refractivity contribution in [1.29, 1.82) is 0 Å². The zero-order chi connectivity index (χ0) is 13.5. The lowest BCUT2D eigenvalue weighted by atomic mass is 10.0. The smallest absolute Gasteiger partial charge is 0.305 e. The van der Waals surface area contributed by atoms with Gasteiger partial charge < -0.3 is 10.4 Å². The minimum absolute atomic E-state index is 0. The van der Waals surface area contributed by atoms with E-state index in [9.17, 15) is 9.59 Å². The van der Waals surface area contributed by atoms with Crippen molar-refractivity contribution < 1.29 is 14.7 Å². The van der Waals surface area contributed by atoms with E-state index in [1.807, 2.05) is 44.2 Å². The number of carbonyl (C=O) groups excluding carboxylic acids is 1. The number of amides is 1. The molecule has 0 saturated carbocycles. The molecule has 0 aromatic heterocycles. The van der Waals surface area contributed by atoms with Gasteiger partial charge in [0.15, 0.2) is 0 Å². The summed E-state index contributed by atoms with van der Waals surface area (Å²) in [6.45, 7) is 3.80. The lowest BCUT2D eigenvalue weighted by Crippen LogP contribution is -2.40. The van der Waals surface area contributed by atoms with Gasteiger partial charge in [0.2, 0.25) is 5.91 Å². The van der Waals surface area contributed by atoms with Gasteiger partial charge in [-0.15, -0.1) is 0 Å². The molecule has 0 aliphatic rings. The van der Waals surface area contributed by atoms with Crippen molar-refractivity contribution in [3.8, 4) is 0 Å². The zero-order valence-electron chi connectivity index (χ0n) is 11.2. The van der Waals surface area contributed by atoms with Crippen LogP contribution in [-0.4, -0.2) is 23.0 Å². The van der Waals surface area contributed by atoms with Gasteiger partial charge in [-0.3, -0.25) is 9.59 Å². The Balaban J connectivity index is 0.00000324. The maximum atomic E-state index is 11.8. The van der Waals surface area contributed by atoms with Crippen LogP contribution in [0.3, 0.4) is 0 Å². The Morgan fingerprint density at radius 3 is 2.26 bits per heavy atom. The van der Waals surface area contributed by atoms with Gasteiger partial charge in [-0.1, -0.05) is 44.2 Å². The molecule has 4 nitrogen and oxygen atoms in total. The first-order valence-electron chi connectivity index (χ1n) is 6.04. The van der Waals surface area contributed by atoms with E-state index in [1.54, 1.807) is 0 Å². The van der Waals surface area contributed by atoms with Gasteiger partial charge in [-0.05, 0) is 11.5 Å². The summed E-state index contributed by atoms with van der Waals surface area (Å²) in [6.07, 6.45) is 0.238. The van der Waals surface area contributed by atoms with Crippen LogP contribution in [0.4, 0.5) is 0 Å². The van der Waals surface area contributed by atoms with E-state index < -0.39 is 5.97 Å². The molecule has 1 aromatic rings. The molecule has 1 aromatic carbocycles. The molecule has 0 heterocycles. The van der Waals surface area contributed by atoms with Gasteiger partial charge in [0.25, 0.3) is 0 Å². The Bertz CT molecular complexity index is 406. The molecular weight excluding hydrogens is 262 g/mol. The summed E-state index contributed by atoms with van der Waals surface area (Å²) < 4.78 is 0. The molecule has 0 fully saturated rings. The van der Waals surface area contributed by atoms with Crippen molar-refractivity contribution in [2.45, 2.75) is 32.7 Å². The molecule has 0 radical (unpaired) electrons.